The van der Waals surface area contributed by atoms with Gasteiger partial charge in [-0.1, -0.05) is 26.8 Å². The van der Waals surface area contributed by atoms with Crippen LogP contribution in [0.15, 0.2) is 12.3 Å². The zero-order valence-electron chi connectivity index (χ0n) is 10.4. The first kappa shape index (κ1) is 12.6. The molecule has 1 aliphatic heterocycles. The Kier molecular flexibility index (Phi) is 5.77. The molecule has 1 aliphatic rings. The van der Waals surface area contributed by atoms with Gasteiger partial charge in [0.25, 0.3) is 0 Å². The molecule has 15 heavy (non-hydrogen) atoms. The Morgan fingerprint density at radius 2 is 2.00 bits per heavy atom. The fourth-order valence-corrected chi connectivity index (χ4v) is 2.01. The van der Waals surface area contributed by atoms with Gasteiger partial charge in [0, 0.05) is 25.8 Å². The average molecular weight is 211 g/mol. The van der Waals surface area contributed by atoms with E-state index in [1.165, 1.54) is 19.4 Å². The van der Waals surface area contributed by atoms with Gasteiger partial charge >= 0.3 is 0 Å². The summed E-state index contributed by atoms with van der Waals surface area (Å²) in [5.74, 6) is 0.731. The van der Waals surface area contributed by atoms with Crippen molar-refractivity contribution in [3.05, 3.63) is 12.3 Å². The minimum atomic E-state index is 0.698. The molecule has 0 N–H and O–H groups in total. The monoisotopic (exact) mass is 211 g/mol. The molecule has 0 radical (unpaired) electrons. The van der Waals surface area contributed by atoms with Crippen LogP contribution in [0, 0.1) is 5.92 Å². The van der Waals surface area contributed by atoms with Crippen molar-refractivity contribution in [3.8, 4) is 0 Å². The molecule has 2 heteroatoms. The molecule has 0 aromatic carbocycles. The topological polar surface area (TPSA) is 12.5 Å². The Morgan fingerprint density at radius 3 is 2.53 bits per heavy atom. The van der Waals surface area contributed by atoms with Crippen LogP contribution in [0.2, 0.25) is 0 Å². The van der Waals surface area contributed by atoms with Crippen molar-refractivity contribution in [1.82, 2.24) is 4.90 Å². The van der Waals surface area contributed by atoms with Crippen LogP contribution in [0.3, 0.4) is 0 Å². The van der Waals surface area contributed by atoms with Crippen molar-refractivity contribution < 1.29 is 4.74 Å². The Balaban J connectivity index is 2.48. The predicted molar refractivity (Wildman–Crippen MR) is 64.8 cm³/mol. The van der Waals surface area contributed by atoms with Gasteiger partial charge in [0.05, 0.1) is 0 Å². The summed E-state index contributed by atoms with van der Waals surface area (Å²) < 4.78 is 5.41. The second kappa shape index (κ2) is 6.89. The molecule has 1 fully saturated rings. The van der Waals surface area contributed by atoms with Gasteiger partial charge in [0.15, 0.2) is 0 Å². The van der Waals surface area contributed by atoms with Gasteiger partial charge in [0.2, 0.25) is 0 Å². The maximum Gasteiger partial charge on any atom is 0.0485 e. The maximum atomic E-state index is 5.41. The third-order valence-corrected chi connectivity index (χ3v) is 2.77. The van der Waals surface area contributed by atoms with Crippen molar-refractivity contribution in [3.63, 3.8) is 0 Å². The summed E-state index contributed by atoms with van der Waals surface area (Å²) in [4.78, 5) is 2.51. The molecule has 1 heterocycles. The van der Waals surface area contributed by atoms with Crippen LogP contribution in [-0.4, -0.2) is 30.7 Å². The van der Waals surface area contributed by atoms with Crippen molar-refractivity contribution in [2.45, 2.75) is 46.1 Å². The summed E-state index contributed by atoms with van der Waals surface area (Å²) in [5.41, 5.74) is 0. The molecule has 0 atom stereocenters. The zero-order valence-corrected chi connectivity index (χ0v) is 10.4. The highest BCUT2D eigenvalue weighted by atomic mass is 16.5. The Hall–Kier alpha value is -0.500. The Bertz CT molecular complexity index is 183. The molecule has 88 valence electrons. The SMILES string of the molecule is CC/C=C/N(CC(C)C)C1CCOCC1. The number of ether oxygens (including phenoxy) is 1. The lowest BCUT2D eigenvalue weighted by molar-refractivity contribution is 0.0465. The van der Waals surface area contributed by atoms with E-state index in [2.05, 4.69) is 37.9 Å². The van der Waals surface area contributed by atoms with Gasteiger partial charge in [-0.05, 0) is 31.4 Å². The summed E-state index contributed by atoms with van der Waals surface area (Å²) in [7, 11) is 0. The molecule has 0 aliphatic carbocycles. The molecule has 0 unspecified atom stereocenters. The number of hydrogen-bond donors (Lipinski definition) is 0. The van der Waals surface area contributed by atoms with Gasteiger partial charge in [-0.15, -0.1) is 0 Å². The fraction of sp³-hybridized carbons (Fsp3) is 0.846. The molecule has 1 rings (SSSR count). The Labute approximate surface area is 94.3 Å². The summed E-state index contributed by atoms with van der Waals surface area (Å²) in [5, 5.41) is 0. The second-order valence-corrected chi connectivity index (χ2v) is 4.73. The van der Waals surface area contributed by atoms with E-state index in [4.69, 9.17) is 4.74 Å². The number of hydrogen-bond acceptors (Lipinski definition) is 2. The van der Waals surface area contributed by atoms with Crippen molar-refractivity contribution in [1.29, 1.82) is 0 Å². The van der Waals surface area contributed by atoms with Gasteiger partial charge < -0.3 is 9.64 Å². The molecule has 0 aromatic rings. The first-order valence-corrected chi connectivity index (χ1v) is 6.24. The lowest BCUT2D eigenvalue weighted by Gasteiger charge is -2.34. The average Bonchev–Trinajstić information content (AvgIpc) is 2.25. The van der Waals surface area contributed by atoms with E-state index in [0.717, 1.165) is 25.6 Å². The highest BCUT2D eigenvalue weighted by Gasteiger charge is 2.19. The minimum absolute atomic E-state index is 0.698. The van der Waals surface area contributed by atoms with Crippen LogP contribution < -0.4 is 0 Å². The first-order chi connectivity index (χ1) is 7.24. The molecule has 0 saturated carbocycles. The lowest BCUT2D eigenvalue weighted by Crippen LogP contribution is -2.37. The molecule has 0 bridgehead atoms. The third kappa shape index (κ3) is 4.70. The maximum absolute atomic E-state index is 5.41. The van der Waals surface area contributed by atoms with E-state index in [9.17, 15) is 0 Å². The third-order valence-electron chi connectivity index (χ3n) is 2.77. The second-order valence-electron chi connectivity index (χ2n) is 4.73. The van der Waals surface area contributed by atoms with Crippen LogP contribution in [-0.2, 0) is 4.74 Å². The van der Waals surface area contributed by atoms with Gasteiger partial charge in [-0.2, -0.15) is 0 Å². The zero-order chi connectivity index (χ0) is 11.1. The lowest BCUT2D eigenvalue weighted by atomic mass is 10.1. The van der Waals surface area contributed by atoms with E-state index in [0.29, 0.717) is 6.04 Å². The minimum Gasteiger partial charge on any atom is -0.381 e. The Morgan fingerprint density at radius 1 is 1.33 bits per heavy atom. The molecule has 0 amide bonds. The summed E-state index contributed by atoms with van der Waals surface area (Å²) in [6.07, 6.45) is 8.03. The van der Waals surface area contributed by atoms with E-state index in [1.54, 1.807) is 0 Å². The molecule has 0 spiro atoms. The highest BCUT2D eigenvalue weighted by Crippen LogP contribution is 2.16. The largest absolute Gasteiger partial charge is 0.381 e. The molecule has 2 nitrogen and oxygen atoms in total. The van der Waals surface area contributed by atoms with E-state index in [-0.39, 0.29) is 0 Å². The van der Waals surface area contributed by atoms with Crippen LogP contribution in [0.1, 0.15) is 40.0 Å². The van der Waals surface area contributed by atoms with E-state index >= 15 is 0 Å². The normalized spacial score (nSPS) is 18.9. The summed E-state index contributed by atoms with van der Waals surface area (Å²) >= 11 is 0. The quantitative estimate of drug-likeness (QED) is 0.693. The molecular weight excluding hydrogens is 186 g/mol. The van der Waals surface area contributed by atoms with Gasteiger partial charge in [-0.25, -0.2) is 0 Å². The van der Waals surface area contributed by atoms with Crippen molar-refractivity contribution in [2.75, 3.05) is 19.8 Å². The molecule has 0 aromatic heterocycles. The molecular formula is C13H25NO. The highest BCUT2D eigenvalue weighted by molar-refractivity contribution is 4.87. The van der Waals surface area contributed by atoms with Gasteiger partial charge in [0.1, 0.15) is 0 Å². The van der Waals surface area contributed by atoms with Crippen LogP contribution >= 0.6 is 0 Å². The first-order valence-electron chi connectivity index (χ1n) is 6.24. The number of rotatable bonds is 5. The molecule has 1 saturated heterocycles. The van der Waals surface area contributed by atoms with Crippen LogP contribution in [0.25, 0.3) is 0 Å². The fourth-order valence-electron chi connectivity index (χ4n) is 2.01. The summed E-state index contributed by atoms with van der Waals surface area (Å²) in [6.45, 7) is 9.78. The predicted octanol–water partition coefficient (Wildman–Crippen LogP) is 3.05. The van der Waals surface area contributed by atoms with Crippen LogP contribution in [0.4, 0.5) is 0 Å². The van der Waals surface area contributed by atoms with Crippen molar-refractivity contribution >= 4 is 0 Å². The van der Waals surface area contributed by atoms with Crippen molar-refractivity contribution in [2.24, 2.45) is 5.92 Å². The number of allylic oxidation sites excluding steroid dienone is 1. The summed E-state index contributed by atoms with van der Waals surface area (Å²) in [6, 6.07) is 0.698. The van der Waals surface area contributed by atoms with Gasteiger partial charge in [-0.3, -0.25) is 0 Å². The van der Waals surface area contributed by atoms with E-state index < -0.39 is 0 Å². The smallest absolute Gasteiger partial charge is 0.0485 e. The van der Waals surface area contributed by atoms with E-state index in [1.807, 2.05) is 0 Å². The van der Waals surface area contributed by atoms with Crippen LogP contribution in [0.5, 0.6) is 0 Å². The standard InChI is InChI=1S/C13H25NO/c1-4-5-8-14(11-12(2)3)13-6-9-15-10-7-13/h5,8,12-13H,4,6-7,9-11H2,1-3H3/b8-5+. The number of nitrogens with zero attached hydrogens (tertiary/aromatic N) is 1.